The van der Waals surface area contributed by atoms with Crippen molar-refractivity contribution in [3.05, 3.63) is 41.2 Å². The molecule has 1 saturated heterocycles. The van der Waals surface area contributed by atoms with E-state index in [1.54, 1.807) is 7.11 Å². The Morgan fingerprint density at radius 1 is 1.33 bits per heavy atom. The zero-order valence-electron chi connectivity index (χ0n) is 16.1. The van der Waals surface area contributed by atoms with Crippen LogP contribution in [0.2, 0.25) is 0 Å². The SMILES string of the molecule is CCc1cc(NC(=O)N2CCN(C3=CC(=S)CC=C3)CC2)c(OC)nc1C. The third-order valence-electron chi connectivity index (χ3n) is 4.95. The van der Waals surface area contributed by atoms with Gasteiger partial charge < -0.3 is 19.9 Å². The molecule has 1 aromatic heterocycles. The number of aryl methyl sites for hydroxylation is 2. The summed E-state index contributed by atoms with van der Waals surface area (Å²) in [6.07, 6.45) is 7.96. The van der Waals surface area contributed by atoms with Gasteiger partial charge in [0.25, 0.3) is 0 Å². The number of nitrogens with one attached hydrogen (secondary N) is 1. The van der Waals surface area contributed by atoms with Crippen molar-refractivity contribution in [2.45, 2.75) is 26.7 Å². The molecule has 0 saturated carbocycles. The van der Waals surface area contributed by atoms with Gasteiger partial charge in [0.05, 0.1) is 7.11 Å². The van der Waals surface area contributed by atoms with Crippen molar-refractivity contribution in [1.29, 1.82) is 0 Å². The molecule has 6 nitrogen and oxygen atoms in total. The molecule has 1 aromatic rings. The molecule has 2 heterocycles. The molecule has 3 rings (SSSR count). The van der Waals surface area contributed by atoms with Crippen molar-refractivity contribution in [1.82, 2.24) is 14.8 Å². The molecular formula is C20H26N4O2S. The first kappa shape index (κ1) is 19.4. The number of piperazine rings is 1. The lowest BCUT2D eigenvalue weighted by molar-refractivity contribution is 0.169. The van der Waals surface area contributed by atoms with Crippen LogP contribution in [0.1, 0.15) is 24.6 Å². The Bertz CT molecular complexity index is 795. The Labute approximate surface area is 165 Å². The fourth-order valence-corrected chi connectivity index (χ4v) is 3.57. The quantitative estimate of drug-likeness (QED) is 0.805. The van der Waals surface area contributed by atoms with Crippen LogP contribution in [0.15, 0.2) is 30.0 Å². The molecule has 0 atom stereocenters. The van der Waals surface area contributed by atoms with Gasteiger partial charge in [0, 0.05) is 48.9 Å². The summed E-state index contributed by atoms with van der Waals surface area (Å²) in [5, 5.41) is 2.97. The second-order valence-corrected chi connectivity index (χ2v) is 7.21. The maximum atomic E-state index is 12.7. The number of methoxy groups -OCH3 is 1. The van der Waals surface area contributed by atoms with Crippen molar-refractivity contribution < 1.29 is 9.53 Å². The van der Waals surface area contributed by atoms with E-state index in [2.05, 4.69) is 40.4 Å². The number of hydrogen-bond acceptors (Lipinski definition) is 5. The molecule has 1 fully saturated rings. The molecule has 0 radical (unpaired) electrons. The number of pyridine rings is 1. The van der Waals surface area contributed by atoms with Gasteiger partial charge in [-0.3, -0.25) is 0 Å². The number of carbonyl (C=O) groups excluding carboxylic acids is 1. The number of aromatic nitrogens is 1. The predicted octanol–water partition coefficient (Wildman–Crippen LogP) is 3.32. The molecule has 0 aromatic carbocycles. The highest BCUT2D eigenvalue weighted by Gasteiger charge is 2.23. The highest BCUT2D eigenvalue weighted by Crippen LogP contribution is 2.26. The lowest BCUT2D eigenvalue weighted by Gasteiger charge is -2.37. The molecule has 1 N–H and O–H groups in total. The van der Waals surface area contributed by atoms with Crippen LogP contribution < -0.4 is 10.1 Å². The topological polar surface area (TPSA) is 57.7 Å². The van der Waals surface area contributed by atoms with Gasteiger partial charge in [0.2, 0.25) is 5.88 Å². The maximum absolute atomic E-state index is 12.7. The maximum Gasteiger partial charge on any atom is 0.322 e. The summed E-state index contributed by atoms with van der Waals surface area (Å²) in [6.45, 7) is 6.91. The van der Waals surface area contributed by atoms with Crippen molar-refractivity contribution in [2.24, 2.45) is 0 Å². The van der Waals surface area contributed by atoms with Crippen molar-refractivity contribution in [3.8, 4) is 5.88 Å². The van der Waals surface area contributed by atoms with Gasteiger partial charge in [-0.1, -0.05) is 25.2 Å². The molecule has 27 heavy (non-hydrogen) atoms. The fraction of sp³-hybridized carbons (Fsp3) is 0.450. The lowest BCUT2D eigenvalue weighted by atomic mass is 10.1. The van der Waals surface area contributed by atoms with E-state index < -0.39 is 0 Å². The smallest absolute Gasteiger partial charge is 0.322 e. The second-order valence-electron chi connectivity index (χ2n) is 6.69. The predicted molar refractivity (Wildman–Crippen MR) is 112 cm³/mol. The van der Waals surface area contributed by atoms with Crippen LogP contribution in [0.25, 0.3) is 0 Å². The number of anilines is 1. The van der Waals surface area contributed by atoms with Crippen LogP contribution in [0.5, 0.6) is 5.88 Å². The van der Waals surface area contributed by atoms with Crippen LogP contribution in [0.4, 0.5) is 10.5 Å². The van der Waals surface area contributed by atoms with Crippen LogP contribution >= 0.6 is 12.2 Å². The molecule has 2 amide bonds. The molecule has 0 bridgehead atoms. The summed E-state index contributed by atoms with van der Waals surface area (Å²) in [4.78, 5) is 22.2. The number of allylic oxidation sites excluding steroid dienone is 3. The summed E-state index contributed by atoms with van der Waals surface area (Å²) >= 11 is 5.30. The third-order valence-corrected chi connectivity index (χ3v) is 5.23. The number of urea groups is 1. The van der Waals surface area contributed by atoms with Crippen LogP contribution in [-0.2, 0) is 6.42 Å². The zero-order chi connectivity index (χ0) is 19.4. The van der Waals surface area contributed by atoms with Gasteiger partial charge in [-0.25, -0.2) is 9.78 Å². The molecule has 7 heteroatoms. The average molecular weight is 387 g/mol. The highest BCUT2D eigenvalue weighted by atomic mass is 32.1. The number of rotatable bonds is 4. The number of hydrogen-bond donors (Lipinski definition) is 1. The minimum absolute atomic E-state index is 0.121. The molecule has 0 unspecified atom stereocenters. The minimum Gasteiger partial charge on any atom is -0.480 e. The zero-order valence-corrected chi connectivity index (χ0v) is 16.9. The summed E-state index contributed by atoms with van der Waals surface area (Å²) in [6, 6.07) is 1.83. The van der Waals surface area contributed by atoms with Crippen molar-refractivity contribution >= 4 is 28.8 Å². The van der Waals surface area contributed by atoms with Gasteiger partial charge in [-0.15, -0.1) is 0 Å². The highest BCUT2D eigenvalue weighted by molar-refractivity contribution is 7.80. The number of carbonyl (C=O) groups is 1. The van der Waals surface area contributed by atoms with Crippen LogP contribution in [0.3, 0.4) is 0 Å². The molecular weight excluding hydrogens is 360 g/mol. The van der Waals surface area contributed by atoms with Gasteiger partial charge >= 0.3 is 6.03 Å². The lowest BCUT2D eigenvalue weighted by Crippen LogP contribution is -2.49. The fourth-order valence-electron chi connectivity index (χ4n) is 3.35. The standard InChI is InChI=1S/C20H26N4O2S/c1-4-15-12-18(19(26-3)21-14(15)2)22-20(25)24-10-8-23(9-11-24)16-6-5-7-17(27)13-16/h5-6,12-13H,4,7-11H2,1-3H3,(H,22,25). The number of nitrogens with zero attached hydrogens (tertiary/aromatic N) is 3. The largest absolute Gasteiger partial charge is 0.480 e. The van der Waals surface area contributed by atoms with E-state index in [9.17, 15) is 4.79 Å². The van der Waals surface area contributed by atoms with Crippen molar-refractivity contribution in [2.75, 3.05) is 38.6 Å². The Kier molecular flexibility index (Phi) is 6.11. The monoisotopic (exact) mass is 386 g/mol. The van der Waals surface area contributed by atoms with E-state index in [1.807, 2.05) is 17.9 Å². The van der Waals surface area contributed by atoms with E-state index in [1.165, 1.54) is 0 Å². The number of thiocarbonyl (C=S) groups is 1. The summed E-state index contributed by atoms with van der Waals surface area (Å²) < 4.78 is 5.34. The Balaban J connectivity index is 1.63. The molecule has 2 aliphatic rings. The molecule has 144 valence electrons. The minimum atomic E-state index is -0.121. The number of ether oxygens (including phenoxy) is 1. The van der Waals surface area contributed by atoms with E-state index in [4.69, 9.17) is 17.0 Å². The van der Waals surface area contributed by atoms with E-state index in [0.29, 0.717) is 24.7 Å². The van der Waals surface area contributed by atoms with Crippen molar-refractivity contribution in [3.63, 3.8) is 0 Å². The Morgan fingerprint density at radius 2 is 2.07 bits per heavy atom. The summed E-state index contributed by atoms with van der Waals surface area (Å²) in [5.74, 6) is 0.447. The van der Waals surface area contributed by atoms with E-state index >= 15 is 0 Å². The Morgan fingerprint density at radius 3 is 2.70 bits per heavy atom. The summed E-state index contributed by atoms with van der Waals surface area (Å²) in [5.41, 5.74) is 3.79. The van der Waals surface area contributed by atoms with Crippen LogP contribution in [0, 0.1) is 6.92 Å². The summed E-state index contributed by atoms with van der Waals surface area (Å²) in [7, 11) is 1.57. The van der Waals surface area contributed by atoms with Gasteiger partial charge in [-0.2, -0.15) is 0 Å². The Hall–Kier alpha value is -2.41. The first-order valence-corrected chi connectivity index (χ1v) is 9.69. The first-order chi connectivity index (χ1) is 13.0. The number of amides is 2. The average Bonchev–Trinajstić information content (AvgIpc) is 2.69. The van der Waals surface area contributed by atoms with Crippen LogP contribution in [-0.4, -0.2) is 59.0 Å². The third kappa shape index (κ3) is 4.47. The van der Waals surface area contributed by atoms with Gasteiger partial charge in [-0.05, 0) is 37.1 Å². The normalized spacial score (nSPS) is 17.0. The molecule has 1 aliphatic carbocycles. The van der Waals surface area contributed by atoms with Gasteiger partial charge in [0.15, 0.2) is 0 Å². The van der Waals surface area contributed by atoms with E-state index in [-0.39, 0.29) is 6.03 Å². The van der Waals surface area contributed by atoms with Gasteiger partial charge in [0.1, 0.15) is 5.69 Å². The first-order valence-electron chi connectivity index (χ1n) is 9.28. The molecule has 1 aliphatic heterocycles. The van der Waals surface area contributed by atoms with E-state index in [0.717, 1.165) is 47.8 Å². The molecule has 0 spiro atoms. The second kappa shape index (κ2) is 8.52.